The van der Waals surface area contributed by atoms with E-state index < -0.39 is 97.5 Å². The lowest BCUT2D eigenvalue weighted by atomic mass is 10.1. The molecule has 0 saturated heterocycles. The van der Waals surface area contributed by atoms with Gasteiger partial charge in [-0.15, -0.1) is 0 Å². The molecule has 0 aliphatic heterocycles. The average Bonchev–Trinajstić information content (AvgIpc) is 1.41. The molecule has 0 bridgehead atoms. The Bertz CT molecular complexity index is 2400. The fourth-order valence-electron chi connectivity index (χ4n) is 8.81. The van der Waals surface area contributed by atoms with Crippen molar-refractivity contribution in [3.05, 3.63) is 146 Å². The summed E-state index contributed by atoms with van der Waals surface area (Å²) >= 11 is 0. The first-order valence-electron chi connectivity index (χ1n) is 36.1. The molecule has 17 nitrogen and oxygen atoms in total. The second kappa shape index (κ2) is 68.5. The number of phosphoric acid groups is 2. The number of allylic oxidation sites excluding steroid dienone is 23. The Hall–Kier alpha value is -5.06. The molecular weight excluding hydrogens is 1260 g/mol. The third kappa shape index (κ3) is 67.5. The zero-order valence-electron chi connectivity index (χ0n) is 59.2. The molecule has 0 fully saturated rings. The van der Waals surface area contributed by atoms with Gasteiger partial charge in [0.1, 0.15) is 19.3 Å². The van der Waals surface area contributed by atoms with Crippen LogP contribution < -0.4 is 0 Å². The van der Waals surface area contributed by atoms with Crippen LogP contribution in [0.5, 0.6) is 0 Å². The normalized spacial score (nSPS) is 14.9. The summed E-state index contributed by atoms with van der Waals surface area (Å²) in [6.45, 7) is 4.35. The molecule has 0 spiro atoms. The lowest BCUT2D eigenvalue weighted by Crippen LogP contribution is -2.30. The molecule has 0 aliphatic rings. The van der Waals surface area contributed by atoms with Gasteiger partial charge in [-0.05, 0) is 135 Å². The van der Waals surface area contributed by atoms with Gasteiger partial charge >= 0.3 is 39.5 Å². The Morgan fingerprint density at radius 2 is 0.583 bits per heavy atom. The van der Waals surface area contributed by atoms with Crippen LogP contribution in [0.4, 0.5) is 0 Å². The number of carbonyl (C=O) groups is 4. The molecule has 0 aromatic rings. The number of esters is 4. The van der Waals surface area contributed by atoms with E-state index >= 15 is 0 Å². The summed E-state index contributed by atoms with van der Waals surface area (Å²) in [6.07, 6.45) is 76.1. The van der Waals surface area contributed by atoms with Crippen molar-refractivity contribution < 1.29 is 80.2 Å². The van der Waals surface area contributed by atoms with E-state index in [1.807, 2.05) is 12.2 Å². The quantitative estimate of drug-likeness (QED) is 0.0169. The molecule has 0 rings (SSSR count). The molecule has 5 atom stereocenters. The van der Waals surface area contributed by atoms with Crippen molar-refractivity contribution in [2.45, 2.75) is 277 Å². The predicted octanol–water partition coefficient (Wildman–Crippen LogP) is 20.3. The van der Waals surface area contributed by atoms with Crippen LogP contribution in [0.25, 0.3) is 0 Å². The molecule has 0 saturated carbocycles. The number of rotatable bonds is 66. The Morgan fingerprint density at radius 1 is 0.312 bits per heavy atom. The maximum absolute atomic E-state index is 13.0. The highest BCUT2D eigenvalue weighted by molar-refractivity contribution is 7.47. The first-order valence-corrected chi connectivity index (χ1v) is 39.1. The minimum absolute atomic E-state index is 0.0766. The van der Waals surface area contributed by atoms with Gasteiger partial charge in [-0.25, -0.2) is 9.13 Å². The van der Waals surface area contributed by atoms with Crippen molar-refractivity contribution in [1.82, 2.24) is 0 Å². The lowest BCUT2D eigenvalue weighted by Gasteiger charge is -2.21. The van der Waals surface area contributed by atoms with Gasteiger partial charge in [0.2, 0.25) is 0 Å². The Balaban J connectivity index is 5.44. The van der Waals surface area contributed by atoms with Gasteiger partial charge in [-0.2, -0.15) is 0 Å². The van der Waals surface area contributed by atoms with Crippen molar-refractivity contribution >= 4 is 39.5 Å². The molecule has 0 heterocycles. The van der Waals surface area contributed by atoms with E-state index in [1.165, 1.54) is 25.7 Å². The van der Waals surface area contributed by atoms with Crippen LogP contribution in [0.1, 0.15) is 259 Å². The maximum atomic E-state index is 13.0. The molecule has 0 aromatic heterocycles. The first-order chi connectivity index (χ1) is 46.7. The Labute approximate surface area is 579 Å². The highest BCUT2D eigenvalue weighted by atomic mass is 31.2. The number of hydrogen-bond donors (Lipinski definition) is 3. The van der Waals surface area contributed by atoms with Gasteiger partial charge in [0.15, 0.2) is 12.2 Å². The predicted molar refractivity (Wildman–Crippen MR) is 390 cm³/mol. The van der Waals surface area contributed by atoms with E-state index in [1.54, 1.807) is 12.2 Å². The van der Waals surface area contributed by atoms with Crippen LogP contribution in [-0.2, 0) is 65.4 Å². The van der Waals surface area contributed by atoms with E-state index in [0.717, 1.165) is 154 Å². The second-order valence-electron chi connectivity index (χ2n) is 23.4. The van der Waals surface area contributed by atoms with Crippen LogP contribution in [0.3, 0.4) is 0 Å². The summed E-state index contributed by atoms with van der Waals surface area (Å²) in [7, 11) is -9.99. The summed E-state index contributed by atoms with van der Waals surface area (Å²) in [4.78, 5) is 72.5. The fourth-order valence-corrected chi connectivity index (χ4v) is 10.4. The second-order valence-corrected chi connectivity index (χ2v) is 26.3. The van der Waals surface area contributed by atoms with Gasteiger partial charge in [0, 0.05) is 19.3 Å². The minimum Gasteiger partial charge on any atom is -0.462 e. The van der Waals surface area contributed by atoms with Gasteiger partial charge < -0.3 is 33.8 Å². The number of unbranched alkanes of at least 4 members (excludes halogenated alkanes) is 17. The van der Waals surface area contributed by atoms with Crippen LogP contribution in [-0.4, -0.2) is 96.7 Å². The molecule has 5 unspecified atom stereocenters. The van der Waals surface area contributed by atoms with E-state index in [4.69, 9.17) is 37.0 Å². The number of ether oxygens (including phenoxy) is 4. The van der Waals surface area contributed by atoms with E-state index in [-0.39, 0.29) is 25.7 Å². The summed E-state index contributed by atoms with van der Waals surface area (Å²) in [6, 6.07) is 0. The Morgan fingerprint density at radius 3 is 0.948 bits per heavy atom. The smallest absolute Gasteiger partial charge is 0.462 e. The summed E-state index contributed by atoms with van der Waals surface area (Å²) in [5, 5.41) is 10.6. The zero-order valence-corrected chi connectivity index (χ0v) is 61.0. The van der Waals surface area contributed by atoms with Gasteiger partial charge in [0.05, 0.1) is 32.8 Å². The molecule has 546 valence electrons. The first kappa shape index (κ1) is 90.9. The van der Waals surface area contributed by atoms with E-state index in [0.29, 0.717) is 25.7 Å². The van der Waals surface area contributed by atoms with Crippen LogP contribution in [0.2, 0.25) is 0 Å². The van der Waals surface area contributed by atoms with Crippen LogP contribution >= 0.6 is 15.6 Å². The van der Waals surface area contributed by atoms with Crippen LogP contribution in [0, 0.1) is 0 Å². The molecule has 3 N–H and O–H groups in total. The van der Waals surface area contributed by atoms with E-state index in [9.17, 15) is 43.2 Å². The van der Waals surface area contributed by atoms with Gasteiger partial charge in [0.25, 0.3) is 0 Å². The number of carbonyl (C=O) groups excluding carboxylic acids is 4. The molecule has 0 aromatic carbocycles. The van der Waals surface area contributed by atoms with Crippen molar-refractivity contribution in [2.24, 2.45) is 0 Å². The third-order valence-corrected chi connectivity index (χ3v) is 16.2. The molecular formula is C77H126O17P2. The maximum Gasteiger partial charge on any atom is 0.472 e. The lowest BCUT2D eigenvalue weighted by molar-refractivity contribution is -0.161. The number of hydrogen-bond acceptors (Lipinski definition) is 15. The van der Waals surface area contributed by atoms with E-state index in [2.05, 4.69) is 149 Å². The average molecular weight is 1390 g/mol. The zero-order chi connectivity index (χ0) is 70.4. The molecule has 0 radical (unpaired) electrons. The summed E-state index contributed by atoms with van der Waals surface area (Å²) in [5.74, 6) is -2.39. The van der Waals surface area contributed by atoms with Gasteiger partial charge in [-0.3, -0.25) is 37.3 Å². The van der Waals surface area contributed by atoms with Crippen LogP contribution in [0.15, 0.2) is 146 Å². The molecule has 0 amide bonds. The number of phosphoric ester groups is 2. The van der Waals surface area contributed by atoms with Crippen molar-refractivity contribution in [1.29, 1.82) is 0 Å². The minimum atomic E-state index is -5.01. The number of aliphatic hydroxyl groups is 1. The SMILES string of the molecule is CC/C=C\C/C=C\C/C=C\C/C=C\C/C=C\CCCCCC(=O)OCC(COP(=O)(O)OCC(O)COP(=O)(O)OCC(COC(=O)CCCCCCC/C=C\CCCC)OC(=O)CCCCCCC/C=C\CCCC)OC(=O)C/C=C\C/C=C\C/C=C\C/C=C\C/C=C\CC. The standard InChI is InChI=1S/C77H126O17P2/c1-5-9-13-17-21-25-29-31-33-34-35-36-38-39-43-46-50-54-58-62-75(80)88-68-73(94-77(82)64-60-56-52-48-44-40-37-32-30-26-22-18-14-10-6-2)70-92-96(85,86)90-66-71(78)65-89-95(83,84)91-69-72(93-76(81)63-59-55-51-47-42-28-24-20-16-12-8-4)67-87-74(79)61-57-53-49-45-41-27-23-19-15-11-7-3/h9-10,13-14,19-26,31-33,35-37,39,43-44,48,56,60,71-73,78H,5-8,11-12,15-18,27-30,34,38,40-42,45-47,49-55,57-59,61-70H2,1-4H3,(H,83,84)(H,85,86)/b13-9-,14-10-,23-19-,24-20-,25-21-,26-22-,33-31-,36-35-,37-32-,43-39-,48-44-,60-56-. The summed E-state index contributed by atoms with van der Waals surface area (Å²) in [5.41, 5.74) is 0. The topological polar surface area (TPSA) is 237 Å². The third-order valence-electron chi connectivity index (χ3n) is 14.3. The van der Waals surface area contributed by atoms with Gasteiger partial charge in [-0.1, -0.05) is 244 Å². The largest absolute Gasteiger partial charge is 0.472 e. The van der Waals surface area contributed by atoms with Crippen molar-refractivity contribution in [3.8, 4) is 0 Å². The monoisotopic (exact) mass is 1380 g/mol. The molecule has 19 heteroatoms. The number of aliphatic hydroxyl groups excluding tert-OH is 1. The highest BCUT2D eigenvalue weighted by Gasteiger charge is 2.30. The van der Waals surface area contributed by atoms with Crippen molar-refractivity contribution in [2.75, 3.05) is 39.6 Å². The fraction of sp³-hybridized carbons (Fsp3) is 0.636. The Kier molecular flexibility index (Phi) is 64.9. The van der Waals surface area contributed by atoms with Crippen molar-refractivity contribution in [3.63, 3.8) is 0 Å². The highest BCUT2D eigenvalue weighted by Crippen LogP contribution is 2.45. The summed E-state index contributed by atoms with van der Waals surface area (Å²) < 4.78 is 68.1. The molecule has 0 aliphatic carbocycles. The molecule has 96 heavy (non-hydrogen) atoms.